The zero-order chi connectivity index (χ0) is 16.3. The topological polar surface area (TPSA) is 89.0 Å². The molecule has 0 bridgehead atoms. The van der Waals surface area contributed by atoms with Crippen molar-refractivity contribution in [3.8, 4) is 5.75 Å². The third-order valence-corrected chi connectivity index (χ3v) is 3.36. The third-order valence-electron chi connectivity index (χ3n) is 3.36. The molecule has 0 aliphatic carbocycles. The number of carbonyl (C=O) groups excluding carboxylic acids is 1. The molecule has 0 spiro atoms. The highest BCUT2D eigenvalue weighted by atomic mass is 16.5. The van der Waals surface area contributed by atoms with E-state index in [4.69, 9.17) is 4.74 Å². The van der Waals surface area contributed by atoms with Gasteiger partial charge in [0, 0.05) is 24.5 Å². The summed E-state index contributed by atoms with van der Waals surface area (Å²) in [4.78, 5) is 26.5. The molecule has 0 aliphatic heterocycles. The van der Waals surface area contributed by atoms with Gasteiger partial charge in [-0.05, 0) is 26.8 Å². The molecule has 0 fully saturated rings. The van der Waals surface area contributed by atoms with Crippen molar-refractivity contribution in [2.75, 3.05) is 13.7 Å². The predicted molar refractivity (Wildman–Crippen MR) is 82.4 cm³/mol. The second-order valence-electron chi connectivity index (χ2n) is 5.21. The van der Waals surface area contributed by atoms with E-state index in [-0.39, 0.29) is 28.8 Å². The molecule has 7 heteroatoms. The number of nitrogens with zero attached hydrogens (tertiary/aromatic N) is 2. The van der Waals surface area contributed by atoms with Gasteiger partial charge in [-0.3, -0.25) is 14.3 Å². The lowest BCUT2D eigenvalue weighted by atomic mass is 10.3. The van der Waals surface area contributed by atoms with E-state index in [1.807, 2.05) is 31.5 Å². The van der Waals surface area contributed by atoms with Crippen molar-refractivity contribution in [2.24, 2.45) is 0 Å². The zero-order valence-corrected chi connectivity index (χ0v) is 13.1. The van der Waals surface area contributed by atoms with Crippen molar-refractivity contribution in [3.63, 3.8) is 0 Å². The molecule has 0 aromatic carbocycles. The summed E-state index contributed by atoms with van der Waals surface area (Å²) in [5.74, 6) is -0.166. The minimum absolute atomic E-state index is 0.0163. The lowest BCUT2D eigenvalue weighted by molar-refractivity contribution is 0.0942. The molecule has 1 atom stereocenters. The number of aromatic nitrogens is 3. The quantitative estimate of drug-likeness (QED) is 0.868. The van der Waals surface area contributed by atoms with E-state index in [9.17, 15) is 9.59 Å². The van der Waals surface area contributed by atoms with Gasteiger partial charge in [0.05, 0.1) is 18.8 Å². The van der Waals surface area contributed by atoms with Crippen molar-refractivity contribution < 1.29 is 9.53 Å². The number of nitrogens with one attached hydrogen (secondary N) is 2. The molecular formula is C15H20N4O3. The van der Waals surface area contributed by atoms with Gasteiger partial charge in [0.25, 0.3) is 5.91 Å². The Morgan fingerprint density at radius 3 is 2.73 bits per heavy atom. The van der Waals surface area contributed by atoms with Gasteiger partial charge >= 0.3 is 0 Å². The molecule has 22 heavy (non-hydrogen) atoms. The molecule has 2 rings (SSSR count). The molecule has 7 nitrogen and oxygen atoms in total. The predicted octanol–water partition coefficient (Wildman–Crippen LogP) is 1.19. The number of aryl methyl sites for hydroxylation is 2. The van der Waals surface area contributed by atoms with E-state index in [2.05, 4.69) is 15.4 Å². The fourth-order valence-corrected chi connectivity index (χ4v) is 2.26. The van der Waals surface area contributed by atoms with Crippen LogP contribution in [-0.2, 0) is 0 Å². The van der Waals surface area contributed by atoms with Crippen molar-refractivity contribution in [1.29, 1.82) is 0 Å². The molecule has 1 amide bonds. The Morgan fingerprint density at radius 2 is 2.18 bits per heavy atom. The number of amides is 1. The first kappa shape index (κ1) is 15.8. The van der Waals surface area contributed by atoms with Crippen molar-refractivity contribution >= 4 is 5.91 Å². The molecule has 2 aromatic heterocycles. The van der Waals surface area contributed by atoms with E-state index >= 15 is 0 Å². The maximum atomic E-state index is 12.1. The summed E-state index contributed by atoms with van der Waals surface area (Å²) in [6.07, 6.45) is 1.38. The first-order valence-electron chi connectivity index (χ1n) is 7.00. The number of hydrogen-bond acceptors (Lipinski definition) is 4. The maximum Gasteiger partial charge on any atom is 0.267 e. The molecule has 0 aliphatic rings. The molecule has 2 heterocycles. The summed E-state index contributed by atoms with van der Waals surface area (Å²) in [7, 11) is 1.40. The second kappa shape index (κ2) is 6.46. The van der Waals surface area contributed by atoms with Crippen LogP contribution in [0, 0.1) is 13.8 Å². The van der Waals surface area contributed by atoms with Gasteiger partial charge in [-0.2, -0.15) is 5.10 Å². The lowest BCUT2D eigenvalue weighted by Gasteiger charge is -2.15. The van der Waals surface area contributed by atoms with Gasteiger partial charge in [-0.15, -0.1) is 0 Å². The highest BCUT2D eigenvalue weighted by Crippen LogP contribution is 2.10. The number of aromatic amines is 1. The van der Waals surface area contributed by atoms with Crippen LogP contribution in [0.1, 0.15) is 34.8 Å². The van der Waals surface area contributed by atoms with Gasteiger partial charge in [-0.25, -0.2) is 0 Å². The second-order valence-corrected chi connectivity index (χ2v) is 5.21. The van der Waals surface area contributed by atoms with Gasteiger partial charge in [0.2, 0.25) is 5.43 Å². The Morgan fingerprint density at radius 1 is 1.45 bits per heavy atom. The average Bonchev–Trinajstić information content (AvgIpc) is 2.83. The van der Waals surface area contributed by atoms with Crippen LogP contribution in [-0.4, -0.2) is 34.3 Å². The maximum absolute atomic E-state index is 12.1. The Kier molecular flexibility index (Phi) is 4.65. The van der Waals surface area contributed by atoms with E-state index in [0.717, 1.165) is 11.4 Å². The molecule has 0 saturated carbocycles. The summed E-state index contributed by atoms with van der Waals surface area (Å²) >= 11 is 0. The van der Waals surface area contributed by atoms with Crippen LogP contribution < -0.4 is 15.5 Å². The van der Waals surface area contributed by atoms with Crippen molar-refractivity contribution in [1.82, 2.24) is 20.1 Å². The standard InChI is InChI=1S/C15H20N4O3/c1-9-5-10(2)19(18-9)11(3)7-17-15(21)12-6-13(20)14(22-4)8-16-12/h5-6,8,11H,7H2,1-4H3,(H,16,20)(H,17,21)/t11-/m1/s1. The van der Waals surface area contributed by atoms with E-state index in [1.165, 1.54) is 19.4 Å². The fourth-order valence-electron chi connectivity index (χ4n) is 2.26. The highest BCUT2D eigenvalue weighted by Gasteiger charge is 2.13. The zero-order valence-electron chi connectivity index (χ0n) is 13.1. The molecule has 118 valence electrons. The Bertz CT molecular complexity index is 733. The van der Waals surface area contributed by atoms with Crippen LogP contribution >= 0.6 is 0 Å². The van der Waals surface area contributed by atoms with E-state index in [0.29, 0.717) is 6.54 Å². The van der Waals surface area contributed by atoms with Crippen LogP contribution in [0.25, 0.3) is 0 Å². The third kappa shape index (κ3) is 3.36. The Labute approximate surface area is 128 Å². The number of carbonyl (C=O) groups is 1. The fraction of sp³-hybridized carbons (Fsp3) is 0.400. The van der Waals surface area contributed by atoms with Crippen LogP contribution in [0.4, 0.5) is 0 Å². The number of hydrogen-bond donors (Lipinski definition) is 2. The summed E-state index contributed by atoms with van der Waals surface area (Å²) < 4.78 is 6.73. The van der Waals surface area contributed by atoms with Gasteiger partial charge < -0.3 is 15.0 Å². The normalized spacial score (nSPS) is 12.0. The number of methoxy groups -OCH3 is 1. The van der Waals surface area contributed by atoms with E-state index in [1.54, 1.807) is 0 Å². The molecule has 2 N–H and O–H groups in total. The summed E-state index contributed by atoms with van der Waals surface area (Å²) in [6, 6.07) is 3.23. The van der Waals surface area contributed by atoms with Crippen molar-refractivity contribution in [2.45, 2.75) is 26.8 Å². The molecule has 0 radical (unpaired) electrons. The Balaban J connectivity index is 2.02. The minimum atomic E-state index is -0.340. The molecule has 2 aromatic rings. The number of rotatable bonds is 5. The molecule has 0 saturated heterocycles. The molecular weight excluding hydrogens is 284 g/mol. The minimum Gasteiger partial charge on any atom is -0.491 e. The van der Waals surface area contributed by atoms with Crippen molar-refractivity contribution in [3.05, 3.63) is 45.6 Å². The SMILES string of the molecule is COc1c[nH]c(C(=O)NC[C@@H](C)n2nc(C)cc2C)cc1=O. The largest absolute Gasteiger partial charge is 0.491 e. The Hall–Kier alpha value is -2.57. The van der Waals surface area contributed by atoms with Crippen LogP contribution in [0.3, 0.4) is 0 Å². The van der Waals surface area contributed by atoms with Gasteiger partial charge in [0.1, 0.15) is 5.69 Å². The summed E-state index contributed by atoms with van der Waals surface area (Å²) in [6.45, 7) is 6.28. The smallest absolute Gasteiger partial charge is 0.267 e. The summed E-state index contributed by atoms with van der Waals surface area (Å²) in [5.41, 5.74) is 1.84. The van der Waals surface area contributed by atoms with Crippen LogP contribution in [0.2, 0.25) is 0 Å². The molecule has 0 unspecified atom stereocenters. The highest BCUT2D eigenvalue weighted by molar-refractivity contribution is 5.92. The average molecular weight is 304 g/mol. The van der Waals surface area contributed by atoms with E-state index < -0.39 is 0 Å². The van der Waals surface area contributed by atoms with Crippen LogP contribution in [0.5, 0.6) is 5.75 Å². The number of ether oxygens (including phenoxy) is 1. The van der Waals surface area contributed by atoms with Crippen LogP contribution in [0.15, 0.2) is 23.1 Å². The van der Waals surface area contributed by atoms with Gasteiger partial charge in [0.15, 0.2) is 5.75 Å². The lowest BCUT2D eigenvalue weighted by Crippen LogP contribution is -2.31. The first-order valence-corrected chi connectivity index (χ1v) is 7.00. The monoisotopic (exact) mass is 304 g/mol. The summed E-state index contributed by atoms with van der Waals surface area (Å²) in [5, 5.41) is 7.18. The first-order chi connectivity index (χ1) is 10.4. The number of H-pyrrole nitrogens is 1. The van der Waals surface area contributed by atoms with Gasteiger partial charge in [-0.1, -0.05) is 0 Å². The number of pyridine rings is 1.